The number of nitrogens with zero attached hydrogens (tertiary/aromatic N) is 1. The molecular formula is C23H13Cl4FN2O2. The molecule has 4 nitrogen and oxygen atoms in total. The minimum absolute atomic E-state index is 0.126. The lowest BCUT2D eigenvalue weighted by atomic mass is 10.1. The molecule has 3 rings (SSSR count). The third-order valence-electron chi connectivity index (χ3n) is 4.19. The average Bonchev–Trinajstić information content (AvgIpc) is 2.76. The van der Waals surface area contributed by atoms with Crippen LogP contribution in [0.4, 0.5) is 10.1 Å². The Labute approximate surface area is 203 Å². The number of ether oxygens (including phenoxy) is 1. The van der Waals surface area contributed by atoms with Crippen molar-refractivity contribution in [3.8, 4) is 11.8 Å². The van der Waals surface area contributed by atoms with E-state index in [1.807, 2.05) is 6.07 Å². The van der Waals surface area contributed by atoms with Gasteiger partial charge in [-0.3, -0.25) is 4.79 Å². The van der Waals surface area contributed by atoms with Crippen molar-refractivity contribution in [3.63, 3.8) is 0 Å². The van der Waals surface area contributed by atoms with Crippen molar-refractivity contribution in [2.45, 2.75) is 6.61 Å². The standard InChI is InChI=1S/C23H13Cl4FN2O2/c24-17-2-1-3-20(21(17)27)30-23(31)15(11-29)8-14-9-18(25)22(19(26)10-14)32-12-13-4-6-16(28)7-5-13/h1-10H,12H2,(H,30,31)/b15-8-. The first kappa shape index (κ1) is 23.9. The normalized spacial score (nSPS) is 11.1. The third kappa shape index (κ3) is 5.93. The zero-order valence-electron chi connectivity index (χ0n) is 16.1. The zero-order chi connectivity index (χ0) is 23.3. The fraction of sp³-hybridized carbons (Fsp3) is 0.0435. The molecule has 0 radical (unpaired) electrons. The molecule has 0 spiro atoms. The van der Waals surface area contributed by atoms with E-state index in [0.717, 1.165) is 5.56 Å². The van der Waals surface area contributed by atoms with Gasteiger partial charge < -0.3 is 10.1 Å². The Kier molecular flexibility index (Phi) is 8.00. The summed E-state index contributed by atoms with van der Waals surface area (Å²) in [5, 5.41) is 12.8. The van der Waals surface area contributed by atoms with E-state index >= 15 is 0 Å². The fourth-order valence-corrected chi connectivity index (χ4v) is 3.60. The molecule has 32 heavy (non-hydrogen) atoms. The maximum Gasteiger partial charge on any atom is 0.266 e. The minimum Gasteiger partial charge on any atom is -0.486 e. The van der Waals surface area contributed by atoms with E-state index in [4.69, 9.17) is 51.1 Å². The molecule has 3 aromatic carbocycles. The SMILES string of the molecule is N#C/C(=C/c1cc(Cl)c(OCc2ccc(F)cc2)c(Cl)c1)C(=O)Nc1cccc(Cl)c1Cl. The first-order valence-corrected chi connectivity index (χ1v) is 10.5. The summed E-state index contributed by atoms with van der Waals surface area (Å²) in [6.07, 6.45) is 1.33. The molecule has 1 amide bonds. The molecule has 0 saturated heterocycles. The Morgan fingerprint density at radius 3 is 2.31 bits per heavy atom. The molecule has 3 aromatic rings. The second-order valence-electron chi connectivity index (χ2n) is 6.45. The Bertz CT molecular complexity index is 1210. The van der Waals surface area contributed by atoms with Crippen LogP contribution >= 0.6 is 46.4 Å². The molecule has 0 bridgehead atoms. The number of hydrogen-bond acceptors (Lipinski definition) is 3. The van der Waals surface area contributed by atoms with Crippen LogP contribution in [-0.2, 0) is 11.4 Å². The van der Waals surface area contributed by atoms with Crippen molar-refractivity contribution in [1.82, 2.24) is 0 Å². The van der Waals surface area contributed by atoms with Gasteiger partial charge in [-0.1, -0.05) is 64.6 Å². The highest BCUT2D eigenvalue weighted by molar-refractivity contribution is 6.44. The van der Waals surface area contributed by atoms with Crippen molar-refractivity contribution in [2.24, 2.45) is 0 Å². The van der Waals surface area contributed by atoms with Crippen LogP contribution in [0.1, 0.15) is 11.1 Å². The van der Waals surface area contributed by atoms with Crippen molar-refractivity contribution in [1.29, 1.82) is 5.26 Å². The van der Waals surface area contributed by atoms with E-state index in [1.165, 1.54) is 30.3 Å². The van der Waals surface area contributed by atoms with Gasteiger partial charge in [-0.05, 0) is 53.6 Å². The van der Waals surface area contributed by atoms with Gasteiger partial charge in [0.05, 0.1) is 25.8 Å². The van der Waals surface area contributed by atoms with Gasteiger partial charge in [-0.2, -0.15) is 5.26 Å². The van der Waals surface area contributed by atoms with Crippen molar-refractivity contribution in [2.75, 3.05) is 5.32 Å². The molecular weight excluding hydrogens is 497 g/mol. The number of anilines is 1. The summed E-state index contributed by atoms with van der Waals surface area (Å²) >= 11 is 24.6. The van der Waals surface area contributed by atoms with E-state index in [-0.39, 0.29) is 49.5 Å². The number of benzene rings is 3. The largest absolute Gasteiger partial charge is 0.486 e. The minimum atomic E-state index is -0.680. The molecule has 1 N–H and O–H groups in total. The average molecular weight is 510 g/mol. The quantitative estimate of drug-likeness (QED) is 0.275. The lowest BCUT2D eigenvalue weighted by Gasteiger charge is -2.11. The van der Waals surface area contributed by atoms with Crippen LogP contribution in [0.5, 0.6) is 5.75 Å². The number of hydrogen-bond donors (Lipinski definition) is 1. The molecule has 0 unspecified atom stereocenters. The number of amides is 1. The number of rotatable bonds is 6. The Morgan fingerprint density at radius 1 is 1.03 bits per heavy atom. The monoisotopic (exact) mass is 508 g/mol. The molecule has 162 valence electrons. The highest BCUT2D eigenvalue weighted by Gasteiger charge is 2.15. The van der Waals surface area contributed by atoms with Crippen molar-refractivity contribution >= 4 is 64.1 Å². The van der Waals surface area contributed by atoms with Crippen molar-refractivity contribution < 1.29 is 13.9 Å². The molecule has 0 heterocycles. The number of nitriles is 1. The maximum atomic E-state index is 13.0. The molecule has 9 heteroatoms. The molecule has 0 saturated carbocycles. The van der Waals surface area contributed by atoms with E-state index in [0.29, 0.717) is 5.56 Å². The van der Waals surface area contributed by atoms with Gasteiger partial charge in [0, 0.05) is 0 Å². The predicted octanol–water partition coefficient (Wildman–Crippen LogP) is 7.56. The lowest BCUT2D eigenvalue weighted by molar-refractivity contribution is -0.112. The predicted molar refractivity (Wildman–Crippen MR) is 126 cm³/mol. The number of carbonyl (C=O) groups excluding carboxylic acids is 1. The van der Waals surface area contributed by atoms with Crippen LogP contribution in [0.25, 0.3) is 6.08 Å². The summed E-state index contributed by atoms with van der Waals surface area (Å²) in [6.45, 7) is 0.126. The summed E-state index contributed by atoms with van der Waals surface area (Å²) in [7, 11) is 0. The van der Waals surface area contributed by atoms with Gasteiger partial charge in [0.25, 0.3) is 5.91 Å². The van der Waals surface area contributed by atoms with Gasteiger partial charge in [0.15, 0.2) is 5.75 Å². The lowest BCUT2D eigenvalue weighted by Crippen LogP contribution is -2.13. The van der Waals surface area contributed by atoms with Gasteiger partial charge in [-0.25, -0.2) is 4.39 Å². The summed E-state index contributed by atoms with van der Waals surface area (Å²) in [6, 6.07) is 15.4. The molecule has 0 atom stereocenters. The Morgan fingerprint density at radius 2 is 1.69 bits per heavy atom. The first-order valence-electron chi connectivity index (χ1n) is 9.02. The zero-order valence-corrected chi connectivity index (χ0v) is 19.2. The van der Waals surface area contributed by atoms with E-state index in [2.05, 4.69) is 5.32 Å². The molecule has 0 aromatic heterocycles. The number of halogens is 5. The molecule has 0 aliphatic rings. The van der Waals surface area contributed by atoms with Crippen LogP contribution in [0.2, 0.25) is 20.1 Å². The topological polar surface area (TPSA) is 62.1 Å². The number of carbonyl (C=O) groups is 1. The number of nitrogens with one attached hydrogen (secondary N) is 1. The van der Waals surface area contributed by atoms with Gasteiger partial charge in [0.1, 0.15) is 24.1 Å². The second-order valence-corrected chi connectivity index (χ2v) is 8.05. The van der Waals surface area contributed by atoms with Crippen LogP contribution in [0, 0.1) is 17.1 Å². The summed E-state index contributed by atoms with van der Waals surface area (Å²) in [5.74, 6) is -0.806. The van der Waals surface area contributed by atoms with Gasteiger partial charge >= 0.3 is 0 Å². The van der Waals surface area contributed by atoms with E-state index in [1.54, 1.807) is 30.3 Å². The van der Waals surface area contributed by atoms with Crippen LogP contribution < -0.4 is 10.1 Å². The van der Waals surface area contributed by atoms with Gasteiger partial charge in [-0.15, -0.1) is 0 Å². The molecule has 0 aliphatic heterocycles. The molecule has 0 fully saturated rings. The third-order valence-corrected chi connectivity index (χ3v) is 5.57. The second kappa shape index (κ2) is 10.7. The van der Waals surface area contributed by atoms with Crippen LogP contribution in [0.3, 0.4) is 0 Å². The summed E-state index contributed by atoms with van der Waals surface area (Å²) in [4.78, 5) is 12.5. The van der Waals surface area contributed by atoms with E-state index < -0.39 is 5.91 Å². The summed E-state index contributed by atoms with van der Waals surface area (Å²) < 4.78 is 18.7. The Balaban J connectivity index is 1.78. The highest BCUT2D eigenvalue weighted by atomic mass is 35.5. The van der Waals surface area contributed by atoms with Crippen LogP contribution in [0.15, 0.2) is 60.2 Å². The molecule has 0 aliphatic carbocycles. The smallest absolute Gasteiger partial charge is 0.266 e. The fourth-order valence-electron chi connectivity index (χ4n) is 2.64. The van der Waals surface area contributed by atoms with Gasteiger partial charge in [0.2, 0.25) is 0 Å². The van der Waals surface area contributed by atoms with Crippen molar-refractivity contribution in [3.05, 3.63) is 97.2 Å². The maximum absolute atomic E-state index is 13.0. The first-order chi connectivity index (χ1) is 15.3. The highest BCUT2D eigenvalue weighted by Crippen LogP contribution is 2.35. The Hall–Kier alpha value is -2.75. The van der Waals surface area contributed by atoms with E-state index in [9.17, 15) is 14.4 Å². The van der Waals surface area contributed by atoms with Crippen LogP contribution in [-0.4, -0.2) is 5.91 Å². The summed E-state index contributed by atoms with van der Waals surface area (Å²) in [5.41, 5.74) is 1.21.